The number of imide groups is 1. The number of aryl methyl sites for hydroxylation is 1. The second-order valence-electron chi connectivity index (χ2n) is 7.60. The molecule has 0 radical (unpaired) electrons. The smallest absolute Gasteiger partial charge is 0.338 e. The maximum Gasteiger partial charge on any atom is 0.338 e. The van der Waals surface area contributed by atoms with Gasteiger partial charge >= 0.3 is 5.97 Å². The number of esters is 1. The maximum atomic E-state index is 12.6. The van der Waals surface area contributed by atoms with Crippen LogP contribution in [0.1, 0.15) is 42.5 Å². The number of fused-ring (bicyclic) bond motifs is 2. The number of hydrogen-bond donors (Lipinski definition) is 1. The number of aromatic nitrogens is 2. The summed E-state index contributed by atoms with van der Waals surface area (Å²) in [7, 11) is 0. The van der Waals surface area contributed by atoms with Crippen LogP contribution in [0.25, 0.3) is 10.9 Å². The SMILES string of the molecule is Cc1cccc2c(=O)[nH]c(COC(=O)c3ccc(N4C(=O)c5ccccc5C4=O)cc3)nc12. The number of hydrogen-bond acceptors (Lipinski definition) is 6. The summed E-state index contributed by atoms with van der Waals surface area (Å²) >= 11 is 0. The van der Waals surface area contributed by atoms with Crippen LogP contribution in [0.15, 0.2) is 71.5 Å². The van der Waals surface area contributed by atoms with Crippen LogP contribution < -0.4 is 10.5 Å². The van der Waals surface area contributed by atoms with Crippen molar-refractivity contribution < 1.29 is 19.1 Å². The molecule has 162 valence electrons. The van der Waals surface area contributed by atoms with Crippen molar-refractivity contribution in [1.82, 2.24) is 9.97 Å². The standard InChI is InChI=1S/C25H17N3O5/c1-14-5-4-8-19-21(14)26-20(27-22(19)29)13-33-25(32)15-9-11-16(12-10-15)28-23(30)17-6-2-3-7-18(17)24(28)31/h2-12H,13H2,1H3,(H,26,27,29). The number of aromatic amines is 1. The molecule has 4 aromatic rings. The molecule has 1 aliphatic rings. The highest BCUT2D eigenvalue weighted by Crippen LogP contribution is 2.28. The quantitative estimate of drug-likeness (QED) is 0.386. The summed E-state index contributed by atoms with van der Waals surface area (Å²) in [5, 5.41) is 0.467. The minimum atomic E-state index is -0.628. The second kappa shape index (κ2) is 7.83. The predicted octanol–water partition coefficient (Wildman–Crippen LogP) is 3.39. The van der Waals surface area contributed by atoms with Crippen molar-refractivity contribution in [3.8, 4) is 0 Å². The van der Waals surface area contributed by atoms with Crippen LogP contribution in [0.4, 0.5) is 5.69 Å². The van der Waals surface area contributed by atoms with E-state index in [0.29, 0.717) is 27.7 Å². The van der Waals surface area contributed by atoms with Crippen molar-refractivity contribution >= 4 is 34.4 Å². The minimum absolute atomic E-state index is 0.210. The van der Waals surface area contributed by atoms with Gasteiger partial charge in [-0.05, 0) is 55.0 Å². The summed E-state index contributed by atoms with van der Waals surface area (Å²) in [4.78, 5) is 58.1. The van der Waals surface area contributed by atoms with Crippen LogP contribution in [-0.4, -0.2) is 27.8 Å². The van der Waals surface area contributed by atoms with E-state index in [1.807, 2.05) is 13.0 Å². The van der Waals surface area contributed by atoms with Crippen molar-refractivity contribution in [3.63, 3.8) is 0 Å². The topological polar surface area (TPSA) is 109 Å². The molecule has 1 aliphatic heterocycles. The molecule has 0 spiro atoms. The number of carbonyl (C=O) groups is 3. The summed E-state index contributed by atoms with van der Waals surface area (Å²) in [6.45, 7) is 1.64. The zero-order valence-electron chi connectivity index (χ0n) is 17.5. The summed E-state index contributed by atoms with van der Waals surface area (Å²) in [6.07, 6.45) is 0. The number of rotatable bonds is 4. The van der Waals surface area contributed by atoms with Gasteiger partial charge in [0, 0.05) is 0 Å². The molecule has 33 heavy (non-hydrogen) atoms. The zero-order valence-corrected chi connectivity index (χ0v) is 17.5. The molecule has 8 heteroatoms. The van der Waals surface area contributed by atoms with Gasteiger partial charge in [-0.1, -0.05) is 24.3 Å². The number of amides is 2. The molecular weight excluding hydrogens is 422 g/mol. The molecule has 3 aromatic carbocycles. The highest BCUT2D eigenvalue weighted by molar-refractivity contribution is 6.34. The van der Waals surface area contributed by atoms with E-state index in [1.54, 1.807) is 36.4 Å². The molecule has 0 atom stereocenters. The lowest BCUT2D eigenvalue weighted by Crippen LogP contribution is -2.29. The van der Waals surface area contributed by atoms with E-state index < -0.39 is 17.8 Å². The van der Waals surface area contributed by atoms with Gasteiger partial charge in [-0.2, -0.15) is 0 Å². The third-order valence-electron chi connectivity index (χ3n) is 5.48. The third-order valence-corrected chi connectivity index (χ3v) is 5.48. The molecule has 0 bridgehead atoms. The van der Waals surface area contributed by atoms with E-state index in [9.17, 15) is 19.2 Å². The van der Waals surface area contributed by atoms with Gasteiger partial charge in [0.2, 0.25) is 0 Å². The van der Waals surface area contributed by atoms with Crippen LogP contribution in [0.3, 0.4) is 0 Å². The van der Waals surface area contributed by atoms with E-state index in [-0.39, 0.29) is 23.6 Å². The molecule has 2 amide bonds. The van der Waals surface area contributed by atoms with Crippen LogP contribution in [-0.2, 0) is 11.3 Å². The zero-order chi connectivity index (χ0) is 23.1. The van der Waals surface area contributed by atoms with E-state index >= 15 is 0 Å². The molecule has 1 N–H and O–H groups in total. The fourth-order valence-corrected chi connectivity index (χ4v) is 3.81. The van der Waals surface area contributed by atoms with Gasteiger partial charge in [0.1, 0.15) is 12.4 Å². The van der Waals surface area contributed by atoms with Gasteiger partial charge < -0.3 is 9.72 Å². The van der Waals surface area contributed by atoms with Gasteiger partial charge in [0.25, 0.3) is 17.4 Å². The summed E-state index contributed by atoms with van der Waals surface area (Å²) < 4.78 is 5.30. The monoisotopic (exact) mass is 439 g/mol. The molecular formula is C25H17N3O5. The van der Waals surface area contributed by atoms with Gasteiger partial charge in [0.15, 0.2) is 0 Å². The van der Waals surface area contributed by atoms with E-state index in [1.165, 1.54) is 24.3 Å². The number of anilines is 1. The molecule has 8 nitrogen and oxygen atoms in total. The summed E-state index contributed by atoms with van der Waals surface area (Å²) in [5.41, 5.74) is 2.37. The first-order valence-corrected chi connectivity index (χ1v) is 10.2. The Kier molecular flexibility index (Phi) is 4.82. The van der Waals surface area contributed by atoms with Gasteiger partial charge in [-0.25, -0.2) is 14.7 Å². The Morgan fingerprint density at radius 2 is 1.58 bits per heavy atom. The Bertz CT molecular complexity index is 1470. The van der Waals surface area contributed by atoms with Crippen molar-refractivity contribution in [2.24, 2.45) is 0 Å². The number of carbonyl (C=O) groups excluding carboxylic acids is 3. The molecule has 0 fully saturated rings. The number of nitrogens with zero attached hydrogens (tertiary/aromatic N) is 2. The largest absolute Gasteiger partial charge is 0.454 e. The van der Waals surface area contributed by atoms with Crippen LogP contribution in [0, 0.1) is 6.92 Å². The van der Waals surface area contributed by atoms with Crippen LogP contribution in [0.2, 0.25) is 0 Å². The number of benzene rings is 3. The molecule has 2 heterocycles. The molecule has 0 saturated carbocycles. The molecule has 0 aliphatic carbocycles. The average Bonchev–Trinajstić information content (AvgIpc) is 3.08. The van der Waals surface area contributed by atoms with E-state index in [0.717, 1.165) is 10.5 Å². The number of para-hydroxylation sites is 1. The first kappa shape index (κ1) is 20.3. The van der Waals surface area contributed by atoms with Crippen molar-refractivity contribution in [2.75, 3.05) is 4.90 Å². The van der Waals surface area contributed by atoms with Crippen molar-refractivity contribution in [1.29, 1.82) is 0 Å². The van der Waals surface area contributed by atoms with Crippen molar-refractivity contribution in [3.05, 3.63) is 105 Å². The maximum absolute atomic E-state index is 12.6. The van der Waals surface area contributed by atoms with E-state index in [2.05, 4.69) is 9.97 Å². The van der Waals surface area contributed by atoms with Crippen molar-refractivity contribution in [2.45, 2.75) is 13.5 Å². The Balaban J connectivity index is 1.32. The Morgan fingerprint density at radius 3 is 2.24 bits per heavy atom. The molecule has 0 saturated heterocycles. The van der Waals surface area contributed by atoms with E-state index in [4.69, 9.17) is 4.74 Å². The lowest BCUT2D eigenvalue weighted by Gasteiger charge is -2.14. The summed E-state index contributed by atoms with van der Waals surface area (Å²) in [5.74, 6) is -1.21. The fourth-order valence-electron chi connectivity index (χ4n) is 3.81. The van der Waals surface area contributed by atoms with Crippen LogP contribution in [0.5, 0.6) is 0 Å². The average molecular weight is 439 g/mol. The lowest BCUT2D eigenvalue weighted by atomic mass is 10.1. The minimum Gasteiger partial charge on any atom is -0.454 e. The Morgan fingerprint density at radius 1 is 0.909 bits per heavy atom. The number of ether oxygens (including phenoxy) is 1. The molecule has 0 unspecified atom stereocenters. The lowest BCUT2D eigenvalue weighted by molar-refractivity contribution is 0.0462. The van der Waals surface area contributed by atoms with Gasteiger partial charge in [-0.3, -0.25) is 14.4 Å². The normalized spacial score (nSPS) is 12.8. The summed E-state index contributed by atoms with van der Waals surface area (Å²) in [6, 6.07) is 17.9. The first-order chi connectivity index (χ1) is 15.9. The Labute approximate surface area is 187 Å². The predicted molar refractivity (Wildman–Crippen MR) is 120 cm³/mol. The highest BCUT2D eigenvalue weighted by Gasteiger charge is 2.36. The van der Waals surface area contributed by atoms with Crippen LogP contribution >= 0.6 is 0 Å². The molecule has 1 aromatic heterocycles. The Hall–Kier alpha value is -4.59. The fraction of sp³-hybridized carbons (Fsp3) is 0.0800. The second-order valence-corrected chi connectivity index (χ2v) is 7.60. The van der Waals surface area contributed by atoms with Gasteiger partial charge in [-0.15, -0.1) is 0 Å². The third kappa shape index (κ3) is 3.47. The molecule has 5 rings (SSSR count). The number of H-pyrrole nitrogens is 1. The highest BCUT2D eigenvalue weighted by atomic mass is 16.5. The van der Waals surface area contributed by atoms with Gasteiger partial charge in [0.05, 0.1) is 33.3 Å². The number of nitrogens with one attached hydrogen (secondary N) is 1. The first-order valence-electron chi connectivity index (χ1n) is 10.2.